The molecule has 5 nitrogen and oxygen atoms in total. The summed E-state index contributed by atoms with van der Waals surface area (Å²) in [6.45, 7) is 1.96. The fourth-order valence-corrected chi connectivity index (χ4v) is 3.66. The smallest absolute Gasteiger partial charge is 0.258 e. The minimum atomic E-state index is -0.166. The number of nitrogens with zero attached hydrogens (tertiary/aromatic N) is 3. The summed E-state index contributed by atoms with van der Waals surface area (Å²) in [7, 11) is 1.73. The predicted octanol–water partition coefficient (Wildman–Crippen LogP) is 2.70. The van der Waals surface area contributed by atoms with Gasteiger partial charge in [-0.25, -0.2) is 4.68 Å². The molecule has 0 fully saturated rings. The van der Waals surface area contributed by atoms with Crippen molar-refractivity contribution in [3.05, 3.63) is 33.2 Å². The molecule has 0 aliphatic heterocycles. The van der Waals surface area contributed by atoms with Crippen LogP contribution in [-0.2, 0) is 7.05 Å². The number of aryl methyl sites for hydroxylation is 1. The highest BCUT2D eigenvalue weighted by molar-refractivity contribution is 14.1. The van der Waals surface area contributed by atoms with E-state index in [0.29, 0.717) is 11.5 Å². The number of hydrogen-bond acceptors (Lipinski definition) is 4. The maximum Gasteiger partial charge on any atom is 0.258 e. The number of halogens is 1. The van der Waals surface area contributed by atoms with Crippen LogP contribution in [0.5, 0.6) is 0 Å². The quantitative estimate of drug-likeness (QED) is 0.649. The Morgan fingerprint density at radius 1 is 1.47 bits per heavy atom. The van der Waals surface area contributed by atoms with Crippen LogP contribution in [0.25, 0.3) is 0 Å². The van der Waals surface area contributed by atoms with Gasteiger partial charge in [0, 0.05) is 21.1 Å². The molecule has 0 spiro atoms. The second-order valence-corrected chi connectivity index (χ2v) is 5.89. The van der Waals surface area contributed by atoms with Gasteiger partial charge < -0.3 is 0 Å². The molecule has 7 heteroatoms. The molecule has 0 unspecified atom stereocenters. The van der Waals surface area contributed by atoms with E-state index in [2.05, 4.69) is 38.0 Å². The number of carbonyl (C=O) groups is 1. The molecule has 19 heavy (non-hydrogen) atoms. The molecule has 1 N–H and O–H groups in total. The predicted molar refractivity (Wildman–Crippen MR) is 84.6 cm³/mol. The zero-order chi connectivity index (χ0) is 14.0. The molecule has 0 atom stereocenters. The van der Waals surface area contributed by atoms with Crippen LogP contribution in [0.1, 0.15) is 15.9 Å². The number of hydrogen-bond donors (Lipinski definition) is 1. The van der Waals surface area contributed by atoms with E-state index < -0.39 is 0 Å². The Morgan fingerprint density at radius 3 is 2.79 bits per heavy atom. The number of amides is 1. The van der Waals surface area contributed by atoms with Gasteiger partial charge in [-0.3, -0.25) is 10.1 Å². The van der Waals surface area contributed by atoms with Gasteiger partial charge in [-0.2, -0.15) is 10.1 Å². The van der Waals surface area contributed by atoms with Gasteiger partial charge in [0.25, 0.3) is 5.91 Å². The molecule has 2 rings (SSSR count). The van der Waals surface area contributed by atoms with E-state index in [0.717, 1.165) is 14.0 Å². The lowest BCUT2D eigenvalue weighted by Crippen LogP contribution is -2.17. The normalized spacial score (nSPS) is 10.5. The van der Waals surface area contributed by atoms with E-state index in [1.807, 2.05) is 25.3 Å². The lowest BCUT2D eigenvalue weighted by Gasteiger charge is -2.11. The first-order chi connectivity index (χ1) is 9.04. The van der Waals surface area contributed by atoms with E-state index in [1.165, 1.54) is 11.0 Å². The third-order valence-electron chi connectivity index (χ3n) is 2.74. The Morgan fingerprint density at radius 2 is 2.21 bits per heavy atom. The fourth-order valence-electron chi connectivity index (χ4n) is 1.73. The Hall–Kier alpha value is -1.09. The minimum absolute atomic E-state index is 0.166. The zero-order valence-corrected chi connectivity index (χ0v) is 13.7. The van der Waals surface area contributed by atoms with Crippen LogP contribution < -0.4 is 5.32 Å². The Labute approximate surface area is 129 Å². The van der Waals surface area contributed by atoms with Gasteiger partial charge in [0.05, 0.1) is 0 Å². The lowest BCUT2D eigenvalue weighted by molar-refractivity contribution is 0.102. The van der Waals surface area contributed by atoms with Crippen molar-refractivity contribution in [3.8, 4) is 0 Å². The SMILES string of the molecule is CSc1c(I)ccc(C(=O)Nc2ncnn2C)c1C. The largest absolute Gasteiger partial charge is 0.291 e. The van der Waals surface area contributed by atoms with Gasteiger partial charge in [0.15, 0.2) is 0 Å². The van der Waals surface area contributed by atoms with Gasteiger partial charge in [-0.05, 0) is 53.5 Å². The Bertz CT molecular complexity index is 626. The molecule has 2 aromatic rings. The number of benzene rings is 1. The number of nitrogens with one attached hydrogen (secondary N) is 1. The molecular formula is C12H13IN4OS. The monoisotopic (exact) mass is 388 g/mol. The van der Waals surface area contributed by atoms with E-state index in [9.17, 15) is 4.79 Å². The highest BCUT2D eigenvalue weighted by Crippen LogP contribution is 2.28. The summed E-state index contributed by atoms with van der Waals surface area (Å²) in [6.07, 6.45) is 3.42. The second kappa shape index (κ2) is 5.91. The van der Waals surface area contributed by atoms with Crippen LogP contribution in [0, 0.1) is 10.5 Å². The van der Waals surface area contributed by atoms with Gasteiger partial charge in [0.2, 0.25) is 5.95 Å². The van der Waals surface area contributed by atoms with Gasteiger partial charge in [-0.15, -0.1) is 11.8 Å². The molecule has 0 saturated carbocycles. The summed E-state index contributed by atoms with van der Waals surface area (Å²) in [5, 5.41) is 6.68. The molecule has 0 saturated heterocycles. The second-order valence-electron chi connectivity index (χ2n) is 3.91. The zero-order valence-electron chi connectivity index (χ0n) is 10.8. The highest BCUT2D eigenvalue weighted by Gasteiger charge is 2.15. The number of anilines is 1. The number of aromatic nitrogens is 3. The van der Waals surface area contributed by atoms with Crippen LogP contribution >= 0.6 is 34.4 Å². The summed E-state index contributed by atoms with van der Waals surface area (Å²) >= 11 is 3.92. The Kier molecular flexibility index (Phi) is 4.46. The van der Waals surface area contributed by atoms with E-state index in [4.69, 9.17) is 0 Å². The van der Waals surface area contributed by atoms with Gasteiger partial charge >= 0.3 is 0 Å². The van der Waals surface area contributed by atoms with Crippen LogP contribution in [0.3, 0.4) is 0 Å². The molecule has 0 aliphatic carbocycles. The van der Waals surface area contributed by atoms with Crippen molar-refractivity contribution in [2.24, 2.45) is 7.05 Å². The van der Waals surface area contributed by atoms with Gasteiger partial charge in [0.1, 0.15) is 6.33 Å². The van der Waals surface area contributed by atoms with E-state index >= 15 is 0 Å². The van der Waals surface area contributed by atoms with Crippen molar-refractivity contribution in [3.63, 3.8) is 0 Å². The number of thioether (sulfide) groups is 1. The van der Waals surface area contributed by atoms with Crippen molar-refractivity contribution in [2.75, 3.05) is 11.6 Å². The summed E-state index contributed by atoms with van der Waals surface area (Å²) in [6, 6.07) is 3.79. The molecule has 0 radical (unpaired) electrons. The topological polar surface area (TPSA) is 59.8 Å². The van der Waals surface area contributed by atoms with Crippen molar-refractivity contribution < 1.29 is 4.79 Å². The standard InChI is InChI=1S/C12H13IN4OS/c1-7-8(4-5-9(13)10(7)19-3)11(18)16-12-14-6-15-17(12)2/h4-6H,1-3H3,(H,14,15,16,18). The van der Waals surface area contributed by atoms with Crippen LogP contribution in [0.15, 0.2) is 23.4 Å². The average Bonchev–Trinajstić information content (AvgIpc) is 2.75. The van der Waals surface area contributed by atoms with Crippen molar-refractivity contribution in [2.45, 2.75) is 11.8 Å². The number of carbonyl (C=O) groups excluding carboxylic acids is 1. The van der Waals surface area contributed by atoms with Crippen LogP contribution in [0.4, 0.5) is 5.95 Å². The van der Waals surface area contributed by atoms with E-state index in [1.54, 1.807) is 18.8 Å². The lowest BCUT2D eigenvalue weighted by atomic mass is 10.1. The van der Waals surface area contributed by atoms with Crippen molar-refractivity contribution in [1.29, 1.82) is 0 Å². The third-order valence-corrected chi connectivity index (χ3v) is 4.94. The number of rotatable bonds is 3. The maximum atomic E-state index is 12.3. The Balaban J connectivity index is 2.32. The summed E-state index contributed by atoms with van der Waals surface area (Å²) in [4.78, 5) is 17.4. The minimum Gasteiger partial charge on any atom is -0.291 e. The maximum absolute atomic E-state index is 12.3. The first kappa shape index (κ1) is 14.3. The van der Waals surface area contributed by atoms with Gasteiger partial charge in [-0.1, -0.05) is 0 Å². The molecule has 0 bridgehead atoms. The summed E-state index contributed by atoms with van der Waals surface area (Å²) < 4.78 is 2.67. The molecule has 1 aromatic heterocycles. The van der Waals surface area contributed by atoms with E-state index in [-0.39, 0.29) is 5.91 Å². The first-order valence-electron chi connectivity index (χ1n) is 5.53. The molecule has 0 aliphatic rings. The molecule has 1 heterocycles. The fraction of sp³-hybridized carbons (Fsp3) is 0.250. The highest BCUT2D eigenvalue weighted by atomic mass is 127. The van der Waals surface area contributed by atoms with Crippen molar-refractivity contribution in [1.82, 2.24) is 14.8 Å². The summed E-state index contributed by atoms with van der Waals surface area (Å²) in [5.74, 6) is 0.272. The third kappa shape index (κ3) is 2.92. The molecule has 100 valence electrons. The molecule has 1 aromatic carbocycles. The van der Waals surface area contributed by atoms with Crippen LogP contribution in [0.2, 0.25) is 0 Å². The molecular weight excluding hydrogens is 375 g/mol. The molecule has 1 amide bonds. The first-order valence-corrected chi connectivity index (χ1v) is 7.83. The van der Waals surface area contributed by atoms with Crippen LogP contribution in [-0.4, -0.2) is 26.9 Å². The van der Waals surface area contributed by atoms with Crippen molar-refractivity contribution >= 4 is 46.2 Å². The summed E-state index contributed by atoms with van der Waals surface area (Å²) in [5.41, 5.74) is 1.65. The average molecular weight is 388 g/mol.